The Bertz CT molecular complexity index is 518. The summed E-state index contributed by atoms with van der Waals surface area (Å²) in [4.78, 5) is 0. The third-order valence-corrected chi connectivity index (χ3v) is 5.92. The smallest absolute Gasteiger partial charge is 0.156 e. The van der Waals surface area contributed by atoms with Gasteiger partial charge in [-0.1, -0.05) is 22.0 Å². The van der Waals surface area contributed by atoms with Gasteiger partial charge in [0.05, 0.1) is 10.5 Å². The first-order chi connectivity index (χ1) is 8.13. The van der Waals surface area contributed by atoms with Crippen LogP contribution < -0.4 is 5.32 Å². The summed E-state index contributed by atoms with van der Waals surface area (Å²) in [6.45, 7) is 7.61. The first-order valence-corrected chi connectivity index (χ1v) is 8.30. The van der Waals surface area contributed by atoms with Crippen molar-refractivity contribution in [2.24, 2.45) is 0 Å². The molecule has 0 aromatic heterocycles. The molecule has 1 aromatic rings. The lowest BCUT2D eigenvalue weighted by atomic mass is 10.2. The largest absolute Gasteiger partial charge is 0.384 e. The monoisotopic (exact) mass is 333 g/mol. The van der Waals surface area contributed by atoms with E-state index < -0.39 is 14.6 Å². The Balaban J connectivity index is 2.65. The van der Waals surface area contributed by atoms with Gasteiger partial charge in [-0.3, -0.25) is 0 Å². The predicted molar refractivity (Wildman–Crippen MR) is 80.9 cm³/mol. The molecule has 0 aliphatic heterocycles. The van der Waals surface area contributed by atoms with Crippen molar-refractivity contribution in [3.05, 3.63) is 28.2 Å². The second kappa shape index (κ2) is 5.61. The molecule has 0 saturated carbocycles. The molecule has 0 atom stereocenters. The molecule has 1 rings (SSSR count). The molecule has 0 unspecified atom stereocenters. The highest BCUT2D eigenvalue weighted by atomic mass is 79.9. The van der Waals surface area contributed by atoms with E-state index in [1.807, 2.05) is 25.1 Å². The van der Waals surface area contributed by atoms with Crippen molar-refractivity contribution in [3.8, 4) is 0 Å². The van der Waals surface area contributed by atoms with E-state index >= 15 is 0 Å². The van der Waals surface area contributed by atoms with Crippen molar-refractivity contribution in [2.75, 3.05) is 17.6 Å². The molecule has 1 N–H and O–H groups in total. The van der Waals surface area contributed by atoms with Gasteiger partial charge in [-0.25, -0.2) is 8.42 Å². The third kappa shape index (κ3) is 3.99. The average molecular weight is 334 g/mol. The van der Waals surface area contributed by atoms with E-state index in [1.165, 1.54) is 0 Å². The normalized spacial score (nSPS) is 12.5. The Labute approximate surface area is 118 Å². The molecule has 102 valence electrons. The van der Waals surface area contributed by atoms with Crippen LogP contribution in [-0.4, -0.2) is 25.5 Å². The van der Waals surface area contributed by atoms with Gasteiger partial charge in [-0.05, 0) is 45.4 Å². The van der Waals surface area contributed by atoms with Crippen LogP contribution in [0.3, 0.4) is 0 Å². The zero-order chi connectivity index (χ0) is 14.0. The van der Waals surface area contributed by atoms with Gasteiger partial charge in [0.25, 0.3) is 0 Å². The van der Waals surface area contributed by atoms with Gasteiger partial charge in [-0.2, -0.15) is 0 Å². The van der Waals surface area contributed by atoms with E-state index in [9.17, 15) is 8.42 Å². The Morgan fingerprint density at radius 1 is 1.28 bits per heavy atom. The van der Waals surface area contributed by atoms with Crippen LogP contribution in [0.2, 0.25) is 0 Å². The fourth-order valence-electron chi connectivity index (χ4n) is 1.41. The second-order valence-electron chi connectivity index (χ2n) is 5.32. The van der Waals surface area contributed by atoms with Crippen LogP contribution in [0.1, 0.15) is 26.3 Å². The predicted octanol–water partition coefficient (Wildman–Crippen LogP) is 3.38. The summed E-state index contributed by atoms with van der Waals surface area (Å²) in [6.07, 6.45) is 0. The minimum absolute atomic E-state index is 0.141. The molecule has 0 fully saturated rings. The summed E-state index contributed by atoms with van der Waals surface area (Å²) >= 11 is 3.40. The van der Waals surface area contributed by atoms with Gasteiger partial charge in [0.15, 0.2) is 9.84 Å². The van der Waals surface area contributed by atoms with Crippen LogP contribution in [0.5, 0.6) is 0 Å². The lowest BCUT2D eigenvalue weighted by Crippen LogP contribution is -2.32. The minimum Gasteiger partial charge on any atom is -0.384 e. The highest BCUT2D eigenvalue weighted by molar-refractivity contribution is 9.10. The van der Waals surface area contributed by atoms with Crippen molar-refractivity contribution in [1.82, 2.24) is 0 Å². The van der Waals surface area contributed by atoms with Crippen molar-refractivity contribution >= 4 is 31.5 Å². The molecular weight excluding hydrogens is 314 g/mol. The number of hydrogen-bond acceptors (Lipinski definition) is 3. The average Bonchev–Trinajstić information content (AvgIpc) is 2.21. The van der Waals surface area contributed by atoms with Crippen molar-refractivity contribution < 1.29 is 8.42 Å². The van der Waals surface area contributed by atoms with E-state index in [0.717, 1.165) is 15.7 Å². The number of nitrogens with one attached hydrogen (secondary N) is 1. The zero-order valence-corrected chi connectivity index (χ0v) is 13.7. The van der Waals surface area contributed by atoms with Crippen LogP contribution in [0.15, 0.2) is 22.7 Å². The summed E-state index contributed by atoms with van der Waals surface area (Å²) in [5.41, 5.74) is 2.07. The minimum atomic E-state index is -3.07. The molecule has 0 spiro atoms. The van der Waals surface area contributed by atoms with Gasteiger partial charge in [0, 0.05) is 16.7 Å². The first-order valence-electron chi connectivity index (χ1n) is 5.86. The van der Waals surface area contributed by atoms with E-state index in [1.54, 1.807) is 20.8 Å². The van der Waals surface area contributed by atoms with E-state index in [-0.39, 0.29) is 5.75 Å². The number of benzene rings is 1. The molecule has 0 aliphatic rings. The number of aryl methyl sites for hydroxylation is 1. The van der Waals surface area contributed by atoms with Crippen molar-refractivity contribution in [2.45, 2.75) is 32.4 Å². The molecule has 1 aromatic carbocycles. The number of sulfone groups is 1. The third-order valence-electron chi connectivity index (χ3n) is 2.82. The summed E-state index contributed by atoms with van der Waals surface area (Å²) in [5, 5.41) is 3.17. The van der Waals surface area contributed by atoms with Gasteiger partial charge in [0.2, 0.25) is 0 Å². The Morgan fingerprint density at radius 3 is 2.44 bits per heavy atom. The summed E-state index contributed by atoms with van der Waals surface area (Å²) in [5.74, 6) is 0.141. The van der Waals surface area contributed by atoms with E-state index in [4.69, 9.17) is 0 Å². The summed E-state index contributed by atoms with van der Waals surface area (Å²) in [6, 6.07) is 5.91. The Morgan fingerprint density at radius 2 is 1.89 bits per heavy atom. The van der Waals surface area contributed by atoms with Crippen LogP contribution in [0, 0.1) is 6.92 Å². The Kier molecular flexibility index (Phi) is 4.84. The maximum atomic E-state index is 11.9. The number of rotatable bonds is 4. The quantitative estimate of drug-likeness (QED) is 0.918. The summed E-state index contributed by atoms with van der Waals surface area (Å²) < 4.78 is 24.2. The molecule has 0 saturated heterocycles. The van der Waals surface area contributed by atoms with Crippen molar-refractivity contribution in [1.29, 1.82) is 0 Å². The molecule has 18 heavy (non-hydrogen) atoms. The molecule has 0 heterocycles. The molecule has 0 bridgehead atoms. The highest BCUT2D eigenvalue weighted by Gasteiger charge is 2.28. The number of anilines is 1. The summed E-state index contributed by atoms with van der Waals surface area (Å²) in [7, 11) is -3.07. The van der Waals surface area contributed by atoms with Crippen molar-refractivity contribution in [3.63, 3.8) is 0 Å². The molecule has 5 heteroatoms. The lowest BCUT2D eigenvalue weighted by molar-refractivity contribution is 0.560. The zero-order valence-electron chi connectivity index (χ0n) is 11.2. The molecular formula is C13H20BrNO2S. The molecule has 0 radical (unpaired) electrons. The van der Waals surface area contributed by atoms with Crippen LogP contribution >= 0.6 is 15.9 Å². The highest BCUT2D eigenvalue weighted by Crippen LogP contribution is 2.21. The molecule has 0 amide bonds. The SMILES string of the molecule is Cc1ccc(Br)cc1NCCS(=O)(=O)C(C)(C)C. The van der Waals surface area contributed by atoms with E-state index in [2.05, 4.69) is 21.2 Å². The molecule has 3 nitrogen and oxygen atoms in total. The van der Waals surface area contributed by atoms with Gasteiger partial charge >= 0.3 is 0 Å². The maximum Gasteiger partial charge on any atom is 0.156 e. The number of hydrogen-bond donors (Lipinski definition) is 1. The van der Waals surface area contributed by atoms with Gasteiger partial charge < -0.3 is 5.32 Å². The second-order valence-corrected chi connectivity index (χ2v) is 9.10. The van der Waals surface area contributed by atoms with Crippen LogP contribution in [0.25, 0.3) is 0 Å². The lowest BCUT2D eigenvalue weighted by Gasteiger charge is -2.19. The fraction of sp³-hybridized carbons (Fsp3) is 0.538. The maximum absolute atomic E-state index is 11.9. The first kappa shape index (κ1) is 15.5. The standard InChI is InChI=1S/C13H20BrNO2S/c1-10-5-6-11(14)9-12(10)15-7-8-18(16,17)13(2,3)4/h5-6,9,15H,7-8H2,1-4H3. The van der Waals surface area contributed by atoms with Crippen LogP contribution in [0.4, 0.5) is 5.69 Å². The van der Waals surface area contributed by atoms with Gasteiger partial charge in [-0.15, -0.1) is 0 Å². The van der Waals surface area contributed by atoms with Crippen LogP contribution in [-0.2, 0) is 9.84 Å². The number of halogens is 1. The Hall–Kier alpha value is -0.550. The topological polar surface area (TPSA) is 46.2 Å². The molecule has 0 aliphatic carbocycles. The fourth-order valence-corrected chi connectivity index (χ4v) is 2.76. The van der Waals surface area contributed by atoms with E-state index in [0.29, 0.717) is 6.54 Å². The van der Waals surface area contributed by atoms with Gasteiger partial charge in [0.1, 0.15) is 0 Å².